The van der Waals surface area contributed by atoms with E-state index in [0.717, 1.165) is 37.9 Å². The van der Waals surface area contributed by atoms with Gasteiger partial charge in [0, 0.05) is 13.5 Å². The van der Waals surface area contributed by atoms with Gasteiger partial charge in [-0.15, -0.1) is 0 Å². The molecule has 0 aromatic heterocycles. The number of carbonyl (C=O) groups is 1. The first-order valence-corrected chi connectivity index (χ1v) is 17.1. The predicted molar refractivity (Wildman–Crippen MR) is 176 cm³/mol. The predicted octanol–water partition coefficient (Wildman–Crippen LogP) is 11.7. The lowest BCUT2D eigenvalue weighted by Crippen LogP contribution is -2.07. The van der Waals surface area contributed by atoms with E-state index in [0.29, 0.717) is 18.4 Å². The molecule has 0 rings (SSSR count). The number of unbranched alkanes of at least 4 members (excludes halogenated alkanes) is 11. The third-order valence-electron chi connectivity index (χ3n) is 7.76. The summed E-state index contributed by atoms with van der Waals surface area (Å²) in [7, 11) is 1.79. The van der Waals surface area contributed by atoms with Gasteiger partial charge in [-0.3, -0.25) is 0 Å². The van der Waals surface area contributed by atoms with E-state index in [1.165, 1.54) is 103 Å². The van der Waals surface area contributed by atoms with Gasteiger partial charge in [-0.05, 0) is 64.7 Å². The Morgan fingerprint density at radius 2 is 1.21 bits per heavy atom. The number of methoxy groups -OCH3 is 1. The van der Waals surface area contributed by atoms with E-state index in [1.807, 2.05) is 13.0 Å². The van der Waals surface area contributed by atoms with Gasteiger partial charge < -0.3 is 14.6 Å². The molecule has 0 spiro atoms. The first-order valence-electron chi connectivity index (χ1n) is 17.1. The van der Waals surface area contributed by atoms with Crippen LogP contribution in [-0.2, 0) is 9.53 Å². The molecular formula is C36H74O3. The van der Waals surface area contributed by atoms with Gasteiger partial charge in [0.1, 0.15) is 6.29 Å². The highest BCUT2D eigenvalue weighted by atomic mass is 16.5. The minimum absolute atomic E-state index is 0.245. The van der Waals surface area contributed by atoms with Gasteiger partial charge in [0.25, 0.3) is 0 Å². The van der Waals surface area contributed by atoms with Crippen molar-refractivity contribution in [2.24, 2.45) is 11.8 Å². The van der Waals surface area contributed by atoms with E-state index in [-0.39, 0.29) is 6.10 Å². The number of aliphatic hydroxyl groups excluding tert-OH is 1. The number of hydrogen-bond acceptors (Lipinski definition) is 3. The zero-order valence-electron chi connectivity index (χ0n) is 28.2. The summed E-state index contributed by atoms with van der Waals surface area (Å²) in [4.78, 5) is 10.4. The van der Waals surface area contributed by atoms with Crippen molar-refractivity contribution in [3.05, 3.63) is 12.2 Å². The summed E-state index contributed by atoms with van der Waals surface area (Å²) in [5.41, 5.74) is 0. The molecule has 0 heterocycles. The molecular weight excluding hydrogens is 480 g/mol. The average molecular weight is 555 g/mol. The maximum Gasteiger partial charge on any atom is 0.120 e. The van der Waals surface area contributed by atoms with Crippen LogP contribution in [0.1, 0.15) is 183 Å². The number of carbonyl (C=O) groups excluding carboxylic acids is 1. The van der Waals surface area contributed by atoms with Crippen LogP contribution in [0.15, 0.2) is 12.2 Å². The standard InChI is InChI=1S/C13H28.C12H22O2.C11H24O/c1-4-6-7-8-9-10-11-12-13(3)5-2;1-3-4-5-6-12(9-10-13)8-7-11(2)14;1-4-5-6-7-8-9-10-11(2)12-3/h13H,4-12H2,1-3H3;3-4,10-12,14H,5-9H2,1-2H3;11H,4-10H2,1-3H3/b;4-3-;. The monoisotopic (exact) mass is 555 g/mol. The number of hydrogen-bond donors (Lipinski definition) is 1. The van der Waals surface area contributed by atoms with Crippen molar-refractivity contribution in [3.63, 3.8) is 0 Å². The summed E-state index contributed by atoms with van der Waals surface area (Å²) in [5.74, 6) is 1.40. The van der Waals surface area contributed by atoms with E-state index < -0.39 is 0 Å². The van der Waals surface area contributed by atoms with Crippen LogP contribution in [0.25, 0.3) is 0 Å². The van der Waals surface area contributed by atoms with Gasteiger partial charge in [0.05, 0.1) is 12.2 Å². The smallest absolute Gasteiger partial charge is 0.120 e. The second kappa shape index (κ2) is 37.3. The molecule has 0 saturated carbocycles. The zero-order chi connectivity index (χ0) is 30.0. The molecule has 0 aliphatic rings. The SMILES string of the molecule is C/C=C\CCC(CC=O)CCC(C)O.CCCCCCCCC(C)OC.CCCCCCCCCC(C)CC. The Balaban J connectivity index is -0.000000500. The molecule has 236 valence electrons. The summed E-state index contributed by atoms with van der Waals surface area (Å²) in [6.07, 6.45) is 32.3. The van der Waals surface area contributed by atoms with E-state index in [1.54, 1.807) is 14.0 Å². The topological polar surface area (TPSA) is 46.5 Å². The third kappa shape index (κ3) is 41.9. The van der Waals surface area contributed by atoms with Crippen LogP contribution in [0.3, 0.4) is 0 Å². The molecule has 3 nitrogen and oxygen atoms in total. The van der Waals surface area contributed by atoms with E-state index in [9.17, 15) is 4.79 Å². The highest BCUT2D eigenvalue weighted by molar-refractivity contribution is 5.49. The van der Waals surface area contributed by atoms with E-state index >= 15 is 0 Å². The van der Waals surface area contributed by atoms with Crippen molar-refractivity contribution < 1.29 is 14.6 Å². The highest BCUT2D eigenvalue weighted by Crippen LogP contribution is 2.18. The largest absolute Gasteiger partial charge is 0.393 e. The first-order chi connectivity index (χ1) is 18.8. The lowest BCUT2D eigenvalue weighted by Gasteiger charge is -2.13. The average Bonchev–Trinajstić information content (AvgIpc) is 2.93. The van der Waals surface area contributed by atoms with Crippen LogP contribution < -0.4 is 0 Å². The lowest BCUT2D eigenvalue weighted by atomic mass is 9.93. The van der Waals surface area contributed by atoms with Crippen molar-refractivity contribution in [2.45, 2.75) is 196 Å². The first kappa shape index (κ1) is 42.8. The molecule has 0 aliphatic carbocycles. The van der Waals surface area contributed by atoms with E-state index in [4.69, 9.17) is 9.84 Å². The lowest BCUT2D eigenvalue weighted by molar-refractivity contribution is -0.108. The molecule has 0 radical (unpaired) electrons. The van der Waals surface area contributed by atoms with Gasteiger partial charge in [0.15, 0.2) is 0 Å². The molecule has 4 atom stereocenters. The van der Waals surface area contributed by atoms with Crippen LogP contribution in [0.4, 0.5) is 0 Å². The second-order valence-corrected chi connectivity index (χ2v) is 11.9. The maximum absolute atomic E-state index is 10.4. The Hall–Kier alpha value is -0.670. The Morgan fingerprint density at radius 1 is 0.692 bits per heavy atom. The number of aldehydes is 1. The molecule has 0 bridgehead atoms. The van der Waals surface area contributed by atoms with Gasteiger partial charge in [0.2, 0.25) is 0 Å². The van der Waals surface area contributed by atoms with Crippen LogP contribution in [-0.4, -0.2) is 30.7 Å². The van der Waals surface area contributed by atoms with Crippen LogP contribution in [0.5, 0.6) is 0 Å². The number of ether oxygens (including phenoxy) is 1. The molecule has 0 aliphatic heterocycles. The Labute approximate surface area is 247 Å². The van der Waals surface area contributed by atoms with Gasteiger partial charge >= 0.3 is 0 Å². The van der Waals surface area contributed by atoms with Crippen molar-refractivity contribution in [1.29, 1.82) is 0 Å². The van der Waals surface area contributed by atoms with Crippen molar-refractivity contribution >= 4 is 6.29 Å². The van der Waals surface area contributed by atoms with Crippen LogP contribution >= 0.6 is 0 Å². The molecule has 1 N–H and O–H groups in total. The second-order valence-electron chi connectivity index (χ2n) is 11.9. The summed E-state index contributed by atoms with van der Waals surface area (Å²) < 4.78 is 5.18. The Morgan fingerprint density at radius 3 is 1.64 bits per heavy atom. The summed E-state index contributed by atoms with van der Waals surface area (Å²) in [6, 6.07) is 0. The minimum atomic E-state index is -0.245. The van der Waals surface area contributed by atoms with Crippen molar-refractivity contribution in [3.8, 4) is 0 Å². The summed E-state index contributed by atoms with van der Waals surface area (Å²) >= 11 is 0. The molecule has 0 aromatic rings. The quantitative estimate of drug-likeness (QED) is 0.0693. The van der Waals surface area contributed by atoms with Gasteiger partial charge in [-0.2, -0.15) is 0 Å². The molecule has 4 unspecified atom stereocenters. The van der Waals surface area contributed by atoms with Crippen molar-refractivity contribution in [2.75, 3.05) is 7.11 Å². The van der Waals surface area contributed by atoms with E-state index in [2.05, 4.69) is 40.7 Å². The Bertz CT molecular complexity index is 460. The normalized spacial score (nSPS) is 14.1. The molecule has 0 fully saturated rings. The number of allylic oxidation sites excluding steroid dienone is 2. The third-order valence-corrected chi connectivity index (χ3v) is 7.76. The number of aliphatic hydroxyl groups is 1. The zero-order valence-corrected chi connectivity index (χ0v) is 28.2. The molecule has 3 heteroatoms. The maximum atomic E-state index is 10.4. The van der Waals surface area contributed by atoms with Gasteiger partial charge in [-0.25, -0.2) is 0 Å². The minimum Gasteiger partial charge on any atom is -0.393 e. The number of rotatable bonds is 25. The highest BCUT2D eigenvalue weighted by Gasteiger charge is 2.08. The summed E-state index contributed by atoms with van der Waals surface area (Å²) in [5, 5.41) is 9.14. The fourth-order valence-electron chi connectivity index (χ4n) is 4.48. The molecule has 0 amide bonds. The van der Waals surface area contributed by atoms with Gasteiger partial charge in [-0.1, -0.05) is 136 Å². The Kier molecular flexibility index (Phi) is 41.0. The molecule has 0 aromatic carbocycles. The van der Waals surface area contributed by atoms with Crippen LogP contribution in [0.2, 0.25) is 0 Å². The molecule has 39 heavy (non-hydrogen) atoms. The summed E-state index contributed by atoms with van der Waals surface area (Å²) in [6.45, 7) is 15.2. The van der Waals surface area contributed by atoms with Crippen molar-refractivity contribution in [1.82, 2.24) is 0 Å². The van der Waals surface area contributed by atoms with Crippen LogP contribution in [0, 0.1) is 11.8 Å². The molecule has 0 saturated heterocycles. The fourth-order valence-corrected chi connectivity index (χ4v) is 4.48. The fraction of sp³-hybridized carbons (Fsp3) is 0.917.